The van der Waals surface area contributed by atoms with Crippen LogP contribution in [-0.4, -0.2) is 14.7 Å². The van der Waals surface area contributed by atoms with E-state index in [1.165, 1.54) is 18.2 Å². The fourth-order valence-electron chi connectivity index (χ4n) is 1.65. The number of sulfone groups is 1. The molecular formula is C13H9Cl3O2S. The fraction of sp³-hybridized carbons (Fsp3) is 0.0769. The maximum Gasteiger partial charge on any atom is 0.175 e. The van der Waals surface area contributed by atoms with Gasteiger partial charge in [-0.1, -0.05) is 34.8 Å². The molecule has 0 aliphatic carbocycles. The van der Waals surface area contributed by atoms with Gasteiger partial charge in [0.25, 0.3) is 0 Å². The zero-order valence-electron chi connectivity index (χ0n) is 9.82. The van der Waals surface area contributed by atoms with Gasteiger partial charge in [-0.2, -0.15) is 0 Å². The zero-order valence-corrected chi connectivity index (χ0v) is 12.9. The van der Waals surface area contributed by atoms with E-state index < -0.39 is 9.84 Å². The molecule has 19 heavy (non-hydrogen) atoms. The Morgan fingerprint density at radius 1 is 0.842 bits per heavy atom. The van der Waals surface area contributed by atoms with Crippen molar-refractivity contribution in [3.63, 3.8) is 0 Å². The lowest BCUT2D eigenvalue weighted by Gasteiger charge is -2.09. The Labute approximate surface area is 126 Å². The summed E-state index contributed by atoms with van der Waals surface area (Å²) in [4.78, 5) is 0.183. The van der Waals surface area contributed by atoms with Crippen LogP contribution in [0.25, 0.3) is 11.1 Å². The molecule has 0 aromatic heterocycles. The molecule has 0 spiro atoms. The lowest BCUT2D eigenvalue weighted by atomic mass is 10.1. The Balaban J connectivity index is 2.71. The molecule has 0 saturated carbocycles. The smallest absolute Gasteiger partial charge is 0.175 e. The third kappa shape index (κ3) is 3.23. The van der Waals surface area contributed by atoms with E-state index in [1.807, 2.05) is 0 Å². The minimum absolute atomic E-state index is 0.183. The minimum atomic E-state index is -3.31. The molecule has 0 N–H and O–H groups in total. The van der Waals surface area contributed by atoms with Gasteiger partial charge in [-0.3, -0.25) is 0 Å². The molecule has 0 fully saturated rings. The SMILES string of the molecule is CS(=O)(=O)c1ccc(Cl)c(-c2cc(Cl)ccc2Cl)c1. The third-order valence-corrected chi connectivity index (χ3v) is 4.59. The van der Waals surface area contributed by atoms with Crippen LogP contribution < -0.4 is 0 Å². The number of halogens is 3. The van der Waals surface area contributed by atoms with Crippen LogP contribution in [-0.2, 0) is 9.84 Å². The fourth-order valence-corrected chi connectivity index (χ4v) is 2.90. The van der Waals surface area contributed by atoms with Crippen LogP contribution in [0.4, 0.5) is 0 Å². The summed E-state index contributed by atoms with van der Waals surface area (Å²) in [6.45, 7) is 0. The van der Waals surface area contributed by atoms with Crippen molar-refractivity contribution in [2.75, 3.05) is 6.26 Å². The van der Waals surface area contributed by atoms with Gasteiger partial charge in [0.1, 0.15) is 0 Å². The van der Waals surface area contributed by atoms with Crippen molar-refractivity contribution < 1.29 is 8.42 Å². The van der Waals surface area contributed by atoms with Gasteiger partial charge in [0, 0.05) is 32.5 Å². The first-order chi connectivity index (χ1) is 8.79. The van der Waals surface area contributed by atoms with Gasteiger partial charge in [0.2, 0.25) is 0 Å². The van der Waals surface area contributed by atoms with Crippen LogP contribution in [0.5, 0.6) is 0 Å². The summed E-state index contributed by atoms with van der Waals surface area (Å²) in [6, 6.07) is 9.43. The van der Waals surface area contributed by atoms with E-state index in [9.17, 15) is 8.42 Å². The number of benzene rings is 2. The molecule has 0 amide bonds. The maximum absolute atomic E-state index is 11.6. The van der Waals surface area contributed by atoms with Crippen molar-refractivity contribution in [2.24, 2.45) is 0 Å². The second-order valence-electron chi connectivity index (χ2n) is 4.04. The van der Waals surface area contributed by atoms with Crippen LogP contribution in [0, 0.1) is 0 Å². The summed E-state index contributed by atoms with van der Waals surface area (Å²) in [5, 5.41) is 1.37. The van der Waals surface area contributed by atoms with E-state index in [4.69, 9.17) is 34.8 Å². The highest BCUT2D eigenvalue weighted by molar-refractivity contribution is 7.90. The van der Waals surface area contributed by atoms with Gasteiger partial charge in [0.05, 0.1) is 4.90 Å². The lowest BCUT2D eigenvalue weighted by molar-refractivity contribution is 0.602. The monoisotopic (exact) mass is 334 g/mol. The second kappa shape index (κ2) is 5.33. The zero-order chi connectivity index (χ0) is 14.2. The van der Waals surface area contributed by atoms with Crippen LogP contribution in [0.2, 0.25) is 15.1 Å². The molecule has 0 aliphatic heterocycles. The van der Waals surface area contributed by atoms with E-state index in [0.29, 0.717) is 26.2 Å². The summed E-state index contributed by atoms with van der Waals surface area (Å²) in [7, 11) is -3.31. The lowest BCUT2D eigenvalue weighted by Crippen LogP contribution is -1.97. The molecule has 0 saturated heterocycles. The molecule has 2 rings (SSSR count). The van der Waals surface area contributed by atoms with Crippen LogP contribution in [0.3, 0.4) is 0 Å². The Morgan fingerprint density at radius 2 is 1.37 bits per heavy atom. The Kier molecular flexibility index (Phi) is 4.11. The van der Waals surface area contributed by atoms with Crippen LogP contribution in [0.15, 0.2) is 41.3 Å². The van der Waals surface area contributed by atoms with Crippen LogP contribution >= 0.6 is 34.8 Å². The summed E-state index contributed by atoms with van der Waals surface area (Å²) < 4.78 is 23.2. The van der Waals surface area contributed by atoms with Gasteiger partial charge in [-0.15, -0.1) is 0 Å². The maximum atomic E-state index is 11.6. The van der Waals surface area contributed by atoms with Gasteiger partial charge >= 0.3 is 0 Å². The predicted octanol–water partition coefficient (Wildman–Crippen LogP) is 4.72. The van der Waals surface area contributed by atoms with E-state index in [2.05, 4.69) is 0 Å². The quantitative estimate of drug-likeness (QED) is 0.796. The predicted molar refractivity (Wildman–Crippen MR) is 80.0 cm³/mol. The van der Waals surface area contributed by atoms with Crippen molar-refractivity contribution in [3.05, 3.63) is 51.5 Å². The first-order valence-electron chi connectivity index (χ1n) is 5.24. The van der Waals surface area contributed by atoms with Gasteiger partial charge in [-0.05, 0) is 36.4 Å². The van der Waals surface area contributed by atoms with Crippen LogP contribution in [0.1, 0.15) is 0 Å². The van der Waals surface area contributed by atoms with Crippen molar-refractivity contribution in [1.82, 2.24) is 0 Å². The molecule has 0 unspecified atom stereocenters. The minimum Gasteiger partial charge on any atom is -0.224 e. The topological polar surface area (TPSA) is 34.1 Å². The molecule has 0 radical (unpaired) electrons. The Morgan fingerprint density at radius 3 is 1.95 bits per heavy atom. The highest BCUT2D eigenvalue weighted by Crippen LogP contribution is 2.36. The van der Waals surface area contributed by atoms with Gasteiger partial charge < -0.3 is 0 Å². The molecule has 2 aromatic rings. The highest BCUT2D eigenvalue weighted by Gasteiger charge is 2.13. The van der Waals surface area contributed by atoms with Crippen molar-refractivity contribution in [2.45, 2.75) is 4.90 Å². The van der Waals surface area contributed by atoms with E-state index in [-0.39, 0.29) is 4.90 Å². The molecule has 2 aromatic carbocycles. The molecule has 0 heterocycles. The normalized spacial score (nSPS) is 11.6. The highest BCUT2D eigenvalue weighted by atomic mass is 35.5. The summed E-state index contributed by atoms with van der Waals surface area (Å²) in [6.07, 6.45) is 1.14. The molecule has 6 heteroatoms. The van der Waals surface area contributed by atoms with Crippen molar-refractivity contribution in [3.8, 4) is 11.1 Å². The van der Waals surface area contributed by atoms with Crippen molar-refractivity contribution in [1.29, 1.82) is 0 Å². The van der Waals surface area contributed by atoms with E-state index in [0.717, 1.165) is 6.26 Å². The Bertz CT molecular complexity index is 740. The molecule has 0 atom stereocenters. The van der Waals surface area contributed by atoms with Crippen molar-refractivity contribution >= 4 is 44.6 Å². The third-order valence-electron chi connectivity index (χ3n) is 2.58. The largest absolute Gasteiger partial charge is 0.224 e. The molecule has 2 nitrogen and oxygen atoms in total. The summed E-state index contributed by atoms with van der Waals surface area (Å²) in [5.41, 5.74) is 1.14. The van der Waals surface area contributed by atoms with E-state index >= 15 is 0 Å². The van der Waals surface area contributed by atoms with Gasteiger partial charge in [-0.25, -0.2) is 8.42 Å². The summed E-state index contributed by atoms with van der Waals surface area (Å²) >= 11 is 18.1. The number of hydrogen-bond acceptors (Lipinski definition) is 2. The average molecular weight is 336 g/mol. The number of rotatable bonds is 2. The van der Waals surface area contributed by atoms with E-state index in [1.54, 1.807) is 18.2 Å². The summed E-state index contributed by atoms with van der Waals surface area (Å²) in [5.74, 6) is 0. The van der Waals surface area contributed by atoms with Gasteiger partial charge in [0.15, 0.2) is 9.84 Å². The molecule has 0 aliphatic rings. The Hall–Kier alpha value is -0.740. The second-order valence-corrected chi connectivity index (χ2v) is 7.30. The average Bonchev–Trinajstić information content (AvgIpc) is 2.32. The standard InChI is InChI=1S/C13H9Cl3O2S/c1-19(17,18)9-3-5-13(16)11(7-9)10-6-8(14)2-4-12(10)15/h2-7H,1H3. The molecule has 0 bridgehead atoms. The first kappa shape index (κ1) is 14.7. The molecule has 100 valence electrons. The number of hydrogen-bond donors (Lipinski definition) is 0. The first-order valence-corrected chi connectivity index (χ1v) is 8.26. The molecular weight excluding hydrogens is 327 g/mol.